The Bertz CT molecular complexity index is 1250. The monoisotopic (exact) mass is 592 g/mol. The number of nitrogens with one attached hydrogen (secondary N) is 4. The molecule has 224 valence electrons. The van der Waals surface area contributed by atoms with E-state index >= 15 is 0 Å². The number of hydrogen-bond donors (Lipinski definition) is 8. The SMILES string of the molecule is CSCCC(N)C(=O)NC(CCC(N)=O)C(=O)NC(Cc1c[nH]c2ccccc12)C(=O)NC(CCC(=O)O)C(=O)O. The summed E-state index contributed by atoms with van der Waals surface area (Å²) in [5, 5.41) is 26.6. The van der Waals surface area contributed by atoms with Crippen LogP contribution in [0.15, 0.2) is 30.5 Å². The fraction of sp³-hybridized carbons (Fsp3) is 0.462. The second-order valence-electron chi connectivity index (χ2n) is 9.41. The maximum absolute atomic E-state index is 13.4. The van der Waals surface area contributed by atoms with Crippen LogP contribution in [0.5, 0.6) is 0 Å². The van der Waals surface area contributed by atoms with E-state index < -0.39 is 66.2 Å². The number of carbonyl (C=O) groups is 6. The van der Waals surface area contributed by atoms with E-state index in [1.165, 1.54) is 11.8 Å². The Morgan fingerprint density at radius 3 is 2.12 bits per heavy atom. The first-order chi connectivity index (χ1) is 19.4. The minimum atomic E-state index is -1.53. The van der Waals surface area contributed by atoms with Crippen LogP contribution in [0.3, 0.4) is 0 Å². The molecule has 0 aliphatic rings. The maximum atomic E-state index is 13.4. The Morgan fingerprint density at radius 1 is 0.878 bits per heavy atom. The number of aromatic amines is 1. The lowest BCUT2D eigenvalue weighted by Crippen LogP contribution is -2.57. The molecule has 0 saturated carbocycles. The Morgan fingerprint density at radius 2 is 1.49 bits per heavy atom. The highest BCUT2D eigenvalue weighted by Gasteiger charge is 2.31. The number of nitrogens with two attached hydrogens (primary N) is 2. The molecule has 0 saturated heterocycles. The number of aliphatic carboxylic acids is 2. The van der Waals surface area contributed by atoms with Crippen LogP contribution >= 0.6 is 11.8 Å². The van der Waals surface area contributed by atoms with Crippen LogP contribution < -0.4 is 27.4 Å². The third-order valence-electron chi connectivity index (χ3n) is 6.28. The second-order valence-corrected chi connectivity index (χ2v) is 10.4. The Balaban J connectivity index is 2.32. The van der Waals surface area contributed by atoms with Crippen LogP contribution in [0.25, 0.3) is 10.9 Å². The fourth-order valence-corrected chi connectivity index (χ4v) is 4.50. The number of thioether (sulfide) groups is 1. The number of aromatic nitrogens is 1. The van der Waals surface area contributed by atoms with Crippen LogP contribution in [-0.4, -0.2) is 86.9 Å². The van der Waals surface area contributed by atoms with E-state index in [1.54, 1.807) is 18.3 Å². The van der Waals surface area contributed by atoms with Crippen LogP contribution in [0.4, 0.5) is 0 Å². The zero-order valence-corrected chi connectivity index (χ0v) is 23.4. The van der Waals surface area contributed by atoms with Crippen molar-refractivity contribution in [3.05, 3.63) is 36.0 Å². The molecule has 0 radical (unpaired) electrons. The molecule has 14 nitrogen and oxygen atoms in total. The van der Waals surface area contributed by atoms with E-state index in [2.05, 4.69) is 20.9 Å². The average Bonchev–Trinajstić information content (AvgIpc) is 3.33. The van der Waals surface area contributed by atoms with Crippen molar-refractivity contribution >= 4 is 58.2 Å². The number of amides is 4. The highest BCUT2D eigenvalue weighted by atomic mass is 32.2. The third kappa shape index (κ3) is 10.8. The largest absolute Gasteiger partial charge is 0.481 e. The first kappa shape index (κ1) is 33.1. The van der Waals surface area contributed by atoms with Gasteiger partial charge in [-0.1, -0.05) is 18.2 Å². The summed E-state index contributed by atoms with van der Waals surface area (Å²) in [7, 11) is 0. The van der Waals surface area contributed by atoms with E-state index in [0.29, 0.717) is 17.7 Å². The van der Waals surface area contributed by atoms with Crippen LogP contribution in [-0.2, 0) is 35.2 Å². The zero-order valence-electron chi connectivity index (χ0n) is 22.6. The molecule has 4 amide bonds. The smallest absolute Gasteiger partial charge is 0.326 e. The topological polar surface area (TPSA) is 247 Å². The summed E-state index contributed by atoms with van der Waals surface area (Å²) in [6.45, 7) is 0. The summed E-state index contributed by atoms with van der Waals surface area (Å²) in [5.74, 6) is -5.10. The van der Waals surface area contributed by atoms with Crippen molar-refractivity contribution in [1.29, 1.82) is 0 Å². The maximum Gasteiger partial charge on any atom is 0.326 e. The first-order valence-corrected chi connectivity index (χ1v) is 14.3. The van der Waals surface area contributed by atoms with Crippen LogP contribution in [0, 0.1) is 0 Å². The van der Waals surface area contributed by atoms with Gasteiger partial charge in [-0.25, -0.2) is 4.79 Å². The minimum Gasteiger partial charge on any atom is -0.481 e. The second kappa shape index (κ2) is 16.2. The van der Waals surface area contributed by atoms with E-state index in [9.17, 15) is 33.9 Å². The molecule has 15 heteroatoms. The van der Waals surface area contributed by atoms with E-state index in [1.807, 2.05) is 18.4 Å². The van der Waals surface area contributed by atoms with Gasteiger partial charge >= 0.3 is 11.9 Å². The van der Waals surface area contributed by atoms with Gasteiger partial charge in [-0.05, 0) is 42.9 Å². The van der Waals surface area contributed by atoms with Crippen molar-refractivity contribution in [2.24, 2.45) is 11.5 Å². The van der Waals surface area contributed by atoms with Gasteiger partial charge in [-0.15, -0.1) is 0 Å². The molecule has 0 aliphatic heterocycles. The van der Waals surface area contributed by atoms with Gasteiger partial charge < -0.3 is 42.6 Å². The van der Waals surface area contributed by atoms with Gasteiger partial charge in [0, 0.05) is 36.4 Å². The number of para-hydroxylation sites is 1. The van der Waals surface area contributed by atoms with Gasteiger partial charge in [0.1, 0.15) is 18.1 Å². The summed E-state index contributed by atoms with van der Waals surface area (Å²) in [6, 6.07) is 2.18. The zero-order chi connectivity index (χ0) is 30.5. The summed E-state index contributed by atoms with van der Waals surface area (Å²) in [5.41, 5.74) is 12.6. The molecule has 10 N–H and O–H groups in total. The molecular weight excluding hydrogens is 556 g/mol. The molecule has 41 heavy (non-hydrogen) atoms. The minimum absolute atomic E-state index is 0.0728. The van der Waals surface area contributed by atoms with Gasteiger partial charge in [0.05, 0.1) is 6.04 Å². The van der Waals surface area contributed by atoms with Crippen molar-refractivity contribution in [2.45, 2.75) is 62.7 Å². The molecule has 4 unspecified atom stereocenters. The summed E-state index contributed by atoms with van der Waals surface area (Å²) < 4.78 is 0. The Labute approximate surface area is 240 Å². The van der Waals surface area contributed by atoms with Gasteiger partial charge in [-0.3, -0.25) is 24.0 Å². The molecule has 0 fully saturated rings. The lowest BCUT2D eigenvalue weighted by molar-refractivity contribution is -0.143. The van der Waals surface area contributed by atoms with Crippen LogP contribution in [0.1, 0.15) is 37.7 Å². The van der Waals surface area contributed by atoms with Crippen molar-refractivity contribution < 1.29 is 39.0 Å². The van der Waals surface area contributed by atoms with Crippen molar-refractivity contribution in [1.82, 2.24) is 20.9 Å². The summed E-state index contributed by atoms with van der Waals surface area (Å²) in [4.78, 5) is 76.5. The standard InChI is InChI=1S/C26H36N6O8S/c1-41-11-10-16(27)23(36)30-18(6-8-21(28)33)24(37)32-20(12-14-13-29-17-5-3-2-4-15(14)17)25(38)31-19(26(39)40)7-9-22(34)35/h2-5,13,16,18-20,29H,6-12,27H2,1H3,(H2,28,33)(H,30,36)(H,31,38)(H,32,37)(H,34,35)(H,39,40). The number of H-pyrrole nitrogens is 1. The predicted octanol–water partition coefficient (Wildman–Crippen LogP) is -0.540. The van der Waals surface area contributed by atoms with Gasteiger partial charge in [-0.2, -0.15) is 11.8 Å². The molecule has 2 aromatic rings. The van der Waals surface area contributed by atoms with Gasteiger partial charge in [0.15, 0.2) is 0 Å². The number of carbonyl (C=O) groups excluding carboxylic acids is 4. The van der Waals surface area contributed by atoms with Gasteiger partial charge in [0.2, 0.25) is 23.6 Å². The number of hydrogen-bond acceptors (Lipinski definition) is 8. The lowest BCUT2D eigenvalue weighted by atomic mass is 10.0. The predicted molar refractivity (Wildman–Crippen MR) is 152 cm³/mol. The van der Waals surface area contributed by atoms with Gasteiger partial charge in [0.25, 0.3) is 0 Å². The normalized spacial score (nSPS) is 13.9. The number of rotatable bonds is 18. The third-order valence-corrected chi connectivity index (χ3v) is 6.92. The van der Waals surface area contributed by atoms with E-state index in [0.717, 1.165) is 10.9 Å². The molecule has 0 spiro atoms. The molecule has 1 aromatic carbocycles. The quantitative estimate of drug-likeness (QED) is 0.110. The molecular formula is C26H36N6O8S. The Kier molecular flexibility index (Phi) is 13.1. The molecule has 4 atom stereocenters. The first-order valence-electron chi connectivity index (χ1n) is 12.9. The van der Waals surface area contributed by atoms with Crippen molar-refractivity contribution in [2.75, 3.05) is 12.0 Å². The summed E-state index contributed by atoms with van der Waals surface area (Å²) in [6.07, 6.45) is 2.47. The van der Waals surface area contributed by atoms with E-state index in [4.69, 9.17) is 16.6 Å². The fourth-order valence-electron chi connectivity index (χ4n) is 4.01. The van der Waals surface area contributed by atoms with Crippen molar-refractivity contribution in [3.63, 3.8) is 0 Å². The number of fused-ring (bicyclic) bond motifs is 1. The van der Waals surface area contributed by atoms with E-state index in [-0.39, 0.29) is 25.7 Å². The van der Waals surface area contributed by atoms with Crippen LogP contribution in [0.2, 0.25) is 0 Å². The molecule has 2 rings (SSSR count). The number of benzene rings is 1. The average molecular weight is 593 g/mol. The molecule has 0 bridgehead atoms. The lowest BCUT2D eigenvalue weighted by Gasteiger charge is -2.25. The molecule has 1 heterocycles. The molecule has 0 aliphatic carbocycles. The van der Waals surface area contributed by atoms with Crippen molar-refractivity contribution in [3.8, 4) is 0 Å². The number of primary amides is 1. The summed E-state index contributed by atoms with van der Waals surface area (Å²) >= 11 is 1.49. The molecule has 1 aromatic heterocycles. The highest BCUT2D eigenvalue weighted by molar-refractivity contribution is 7.98. The highest BCUT2D eigenvalue weighted by Crippen LogP contribution is 2.19. The number of carboxylic acid groups (broad SMARTS) is 2. The number of carboxylic acids is 2. The Hall–Kier alpha value is -4.11.